The number of carbonyl (C=O) groups excluding carboxylic acids is 1. The highest BCUT2D eigenvalue weighted by Crippen LogP contribution is 2.51. The van der Waals surface area contributed by atoms with Crippen molar-refractivity contribution in [3.8, 4) is 0 Å². The number of carbonyl (C=O) groups is 1. The van der Waals surface area contributed by atoms with E-state index in [4.69, 9.17) is 0 Å². The van der Waals surface area contributed by atoms with Crippen LogP contribution < -0.4 is 0 Å². The average molecular weight is 357 g/mol. The minimum absolute atomic E-state index is 0.368. The van der Waals surface area contributed by atoms with Gasteiger partial charge in [-0.1, -0.05) is 6.07 Å². The second-order valence-corrected chi connectivity index (χ2v) is 7.06. The average Bonchev–Trinajstić information content (AvgIpc) is 2.99. The molecule has 0 bridgehead atoms. The van der Waals surface area contributed by atoms with Crippen molar-refractivity contribution in [2.45, 2.75) is 31.7 Å². The summed E-state index contributed by atoms with van der Waals surface area (Å²) in [6.45, 7) is 2.35. The predicted octanol–water partition coefficient (Wildman–Crippen LogP) is 2.50. The lowest BCUT2D eigenvalue weighted by Crippen LogP contribution is -2.42. The summed E-state index contributed by atoms with van der Waals surface area (Å²) in [5.41, 5.74) is 4.24. The summed E-state index contributed by atoms with van der Waals surface area (Å²) in [5, 5.41) is 4.61. The zero-order valence-corrected chi connectivity index (χ0v) is 14.1. The first-order valence-electron chi connectivity index (χ1n) is 8.61. The topological polar surface area (TPSA) is 66.3 Å². The Morgan fingerprint density at radius 2 is 2.23 bits per heavy atom. The van der Waals surface area contributed by atoms with E-state index in [0.717, 1.165) is 16.8 Å². The summed E-state index contributed by atoms with van der Waals surface area (Å²) in [5.74, 6) is -4.62. The Kier molecular flexibility index (Phi) is 3.05. The molecule has 2 atom stereocenters. The molecule has 26 heavy (non-hydrogen) atoms. The van der Waals surface area contributed by atoms with E-state index in [1.165, 1.54) is 4.90 Å². The Hall–Kier alpha value is -2.77. The SMILES string of the molecule is Cc1cccn2nc([C@@H]3c4nc[nH]c4CCN3C(=O)[C@@H]3CC3(F)F)cc12. The highest BCUT2D eigenvalue weighted by molar-refractivity contribution is 5.84. The lowest BCUT2D eigenvalue weighted by atomic mass is 9.99. The Morgan fingerprint density at radius 3 is 2.96 bits per heavy atom. The van der Waals surface area contributed by atoms with Crippen LogP contribution in [0.2, 0.25) is 0 Å². The van der Waals surface area contributed by atoms with Crippen molar-refractivity contribution in [1.29, 1.82) is 0 Å². The minimum atomic E-state index is -2.89. The Balaban J connectivity index is 1.61. The summed E-state index contributed by atoms with van der Waals surface area (Å²) in [6, 6.07) is 5.24. The second-order valence-electron chi connectivity index (χ2n) is 7.06. The molecule has 1 amide bonds. The van der Waals surface area contributed by atoms with Gasteiger partial charge in [0.15, 0.2) is 0 Å². The molecule has 1 saturated carbocycles. The molecule has 4 heterocycles. The Bertz CT molecular complexity index is 1020. The molecule has 134 valence electrons. The zero-order valence-electron chi connectivity index (χ0n) is 14.1. The van der Waals surface area contributed by atoms with Gasteiger partial charge in [-0.25, -0.2) is 18.3 Å². The number of hydrogen-bond donors (Lipinski definition) is 1. The van der Waals surface area contributed by atoms with Gasteiger partial charge in [0, 0.05) is 31.3 Å². The molecule has 0 radical (unpaired) electrons. The van der Waals surface area contributed by atoms with Crippen LogP contribution in [-0.4, -0.2) is 42.9 Å². The molecule has 6 nitrogen and oxygen atoms in total. The van der Waals surface area contributed by atoms with Gasteiger partial charge in [-0.15, -0.1) is 0 Å². The number of nitrogens with zero attached hydrogens (tertiary/aromatic N) is 4. The van der Waals surface area contributed by atoms with Crippen LogP contribution in [0.25, 0.3) is 5.52 Å². The molecule has 0 aromatic carbocycles. The molecule has 1 fully saturated rings. The van der Waals surface area contributed by atoms with Crippen LogP contribution >= 0.6 is 0 Å². The molecule has 0 saturated heterocycles. The van der Waals surface area contributed by atoms with Gasteiger partial charge in [0.2, 0.25) is 5.91 Å². The van der Waals surface area contributed by atoms with Crippen molar-refractivity contribution < 1.29 is 13.6 Å². The number of aromatic amines is 1. The van der Waals surface area contributed by atoms with E-state index >= 15 is 0 Å². The van der Waals surface area contributed by atoms with Crippen LogP contribution in [0.15, 0.2) is 30.7 Å². The van der Waals surface area contributed by atoms with Crippen molar-refractivity contribution in [2.24, 2.45) is 5.92 Å². The lowest BCUT2D eigenvalue weighted by Gasteiger charge is -2.34. The fraction of sp³-hybridized carbons (Fsp3) is 0.389. The van der Waals surface area contributed by atoms with Crippen LogP contribution in [-0.2, 0) is 11.2 Å². The van der Waals surface area contributed by atoms with Gasteiger partial charge < -0.3 is 9.88 Å². The molecule has 3 aromatic rings. The molecule has 5 rings (SSSR count). The number of fused-ring (bicyclic) bond motifs is 2. The number of aromatic nitrogens is 4. The van der Waals surface area contributed by atoms with Crippen LogP contribution in [0.4, 0.5) is 8.78 Å². The quantitative estimate of drug-likeness (QED) is 0.766. The normalized spacial score (nSPS) is 23.9. The summed E-state index contributed by atoms with van der Waals surface area (Å²) < 4.78 is 28.7. The number of rotatable bonds is 2. The van der Waals surface area contributed by atoms with E-state index in [-0.39, 0.29) is 6.42 Å². The fourth-order valence-electron chi connectivity index (χ4n) is 3.80. The number of pyridine rings is 1. The molecule has 1 N–H and O–H groups in total. The van der Waals surface area contributed by atoms with E-state index in [0.29, 0.717) is 24.4 Å². The predicted molar refractivity (Wildman–Crippen MR) is 88.8 cm³/mol. The molecular weight excluding hydrogens is 340 g/mol. The number of halogens is 2. The van der Waals surface area contributed by atoms with E-state index in [2.05, 4.69) is 15.1 Å². The zero-order chi connectivity index (χ0) is 18.1. The third kappa shape index (κ3) is 2.17. The van der Waals surface area contributed by atoms with Crippen LogP contribution in [0.1, 0.15) is 35.1 Å². The van der Waals surface area contributed by atoms with E-state index in [1.54, 1.807) is 10.8 Å². The number of aryl methyl sites for hydroxylation is 1. The molecule has 2 aliphatic rings. The Labute approximate surface area is 147 Å². The minimum Gasteiger partial charge on any atom is -0.348 e. The first kappa shape index (κ1) is 15.5. The summed E-state index contributed by atoms with van der Waals surface area (Å²) in [4.78, 5) is 21.7. The van der Waals surface area contributed by atoms with Crippen molar-refractivity contribution in [3.63, 3.8) is 0 Å². The molecule has 1 aliphatic carbocycles. The van der Waals surface area contributed by atoms with Crippen LogP contribution in [0.3, 0.4) is 0 Å². The van der Waals surface area contributed by atoms with Crippen molar-refractivity contribution in [1.82, 2.24) is 24.5 Å². The van der Waals surface area contributed by atoms with E-state index in [1.807, 2.05) is 31.3 Å². The monoisotopic (exact) mass is 357 g/mol. The Morgan fingerprint density at radius 1 is 1.42 bits per heavy atom. The number of nitrogens with one attached hydrogen (secondary N) is 1. The van der Waals surface area contributed by atoms with Gasteiger partial charge in [-0.2, -0.15) is 5.10 Å². The number of imidazole rings is 1. The van der Waals surface area contributed by atoms with Gasteiger partial charge in [0.25, 0.3) is 5.92 Å². The molecule has 0 unspecified atom stereocenters. The lowest BCUT2D eigenvalue weighted by molar-refractivity contribution is -0.137. The molecule has 3 aromatic heterocycles. The van der Waals surface area contributed by atoms with Crippen molar-refractivity contribution in [3.05, 3.63) is 53.4 Å². The highest BCUT2D eigenvalue weighted by Gasteiger charge is 2.63. The van der Waals surface area contributed by atoms with Crippen molar-refractivity contribution >= 4 is 11.4 Å². The summed E-state index contributed by atoms with van der Waals surface area (Å²) in [6.07, 6.45) is 3.62. The smallest absolute Gasteiger partial charge is 0.260 e. The standard InChI is InChI=1S/C18H17F2N5O/c1-10-3-2-5-25-14(10)7-13(23-25)16-15-12(21-9-22-15)4-6-24(16)17(26)11-8-18(11,19)20/h2-3,5,7,9,11,16H,4,6,8H2,1H3,(H,21,22)/t11-,16+/m0/s1. The van der Waals surface area contributed by atoms with Gasteiger partial charge in [-0.05, 0) is 24.6 Å². The molecule has 1 aliphatic heterocycles. The van der Waals surface area contributed by atoms with Gasteiger partial charge in [0.05, 0.1) is 23.2 Å². The second kappa shape index (κ2) is 5.12. The maximum atomic E-state index is 13.5. The largest absolute Gasteiger partial charge is 0.348 e. The fourth-order valence-corrected chi connectivity index (χ4v) is 3.80. The molecule has 0 spiro atoms. The number of amides is 1. The summed E-state index contributed by atoms with van der Waals surface area (Å²) >= 11 is 0. The summed E-state index contributed by atoms with van der Waals surface area (Å²) in [7, 11) is 0. The first-order chi connectivity index (χ1) is 12.5. The number of hydrogen-bond acceptors (Lipinski definition) is 3. The van der Waals surface area contributed by atoms with E-state index < -0.39 is 23.8 Å². The van der Waals surface area contributed by atoms with Crippen LogP contribution in [0, 0.1) is 12.8 Å². The molecule has 8 heteroatoms. The van der Waals surface area contributed by atoms with Gasteiger partial charge >= 0.3 is 0 Å². The number of alkyl halides is 2. The first-order valence-corrected chi connectivity index (χ1v) is 8.61. The highest BCUT2D eigenvalue weighted by atomic mass is 19.3. The third-order valence-corrected chi connectivity index (χ3v) is 5.34. The van der Waals surface area contributed by atoms with Gasteiger partial charge in [-0.3, -0.25) is 4.79 Å². The third-order valence-electron chi connectivity index (χ3n) is 5.34. The van der Waals surface area contributed by atoms with Crippen molar-refractivity contribution in [2.75, 3.05) is 6.54 Å². The van der Waals surface area contributed by atoms with Crippen LogP contribution in [0.5, 0.6) is 0 Å². The number of H-pyrrole nitrogens is 1. The maximum Gasteiger partial charge on any atom is 0.260 e. The maximum absolute atomic E-state index is 13.5. The van der Waals surface area contributed by atoms with E-state index in [9.17, 15) is 13.6 Å². The molecular formula is C18H17F2N5O. The van der Waals surface area contributed by atoms with Gasteiger partial charge in [0.1, 0.15) is 12.0 Å².